The summed E-state index contributed by atoms with van der Waals surface area (Å²) in [5.41, 5.74) is 2.61. The molecule has 2 rings (SSSR count). The molecule has 0 saturated carbocycles. The van der Waals surface area contributed by atoms with Gasteiger partial charge in [-0.05, 0) is 54.2 Å². The van der Waals surface area contributed by atoms with Gasteiger partial charge < -0.3 is 5.32 Å². The molecule has 0 spiro atoms. The smallest absolute Gasteiger partial charge is 0.0772 e. The number of nitrogens with zero attached hydrogens (tertiary/aromatic N) is 2. The number of piperidine rings is 1. The molecule has 0 aliphatic carbocycles. The van der Waals surface area contributed by atoms with Crippen LogP contribution in [0.5, 0.6) is 0 Å². The molecule has 1 aromatic rings. The maximum Gasteiger partial charge on any atom is 0.0772 e. The van der Waals surface area contributed by atoms with Crippen molar-refractivity contribution in [3.05, 3.63) is 15.9 Å². The van der Waals surface area contributed by atoms with E-state index in [0.29, 0.717) is 11.8 Å². The standard InChI is InChI=1S/C13H22BrN3/c1-9(2)8-11-12(14)13(17(3)16-11)10-4-6-15-7-5-10/h9-10,15H,4-8H2,1-3H3. The Morgan fingerprint density at radius 1 is 1.41 bits per heavy atom. The SMILES string of the molecule is CC(C)Cc1nn(C)c(C2CCNCC2)c1Br. The summed E-state index contributed by atoms with van der Waals surface area (Å²) in [6, 6.07) is 0. The lowest BCUT2D eigenvalue weighted by Gasteiger charge is -2.23. The highest BCUT2D eigenvalue weighted by Crippen LogP contribution is 2.33. The molecule has 1 aliphatic heterocycles. The number of aryl methyl sites for hydroxylation is 1. The van der Waals surface area contributed by atoms with E-state index in [1.165, 1.54) is 28.7 Å². The molecule has 1 saturated heterocycles. The summed E-state index contributed by atoms with van der Waals surface area (Å²) in [6.07, 6.45) is 3.50. The Kier molecular flexibility index (Phi) is 4.26. The van der Waals surface area contributed by atoms with Crippen LogP contribution in [0.1, 0.15) is 44.0 Å². The number of rotatable bonds is 3. The number of hydrogen-bond acceptors (Lipinski definition) is 2. The molecule has 1 aromatic heterocycles. The van der Waals surface area contributed by atoms with Crippen molar-refractivity contribution < 1.29 is 0 Å². The predicted molar refractivity (Wildman–Crippen MR) is 74.3 cm³/mol. The van der Waals surface area contributed by atoms with E-state index in [-0.39, 0.29) is 0 Å². The van der Waals surface area contributed by atoms with Crippen molar-refractivity contribution in [3.8, 4) is 0 Å². The Morgan fingerprint density at radius 3 is 2.65 bits per heavy atom. The van der Waals surface area contributed by atoms with Crippen LogP contribution < -0.4 is 5.32 Å². The van der Waals surface area contributed by atoms with Gasteiger partial charge in [-0.15, -0.1) is 0 Å². The second-order valence-corrected chi connectivity index (χ2v) is 6.18. The first kappa shape index (κ1) is 13.1. The number of aromatic nitrogens is 2. The second kappa shape index (κ2) is 5.53. The molecular formula is C13H22BrN3. The fourth-order valence-corrected chi connectivity index (χ4v) is 3.45. The Morgan fingerprint density at radius 2 is 2.06 bits per heavy atom. The molecule has 4 heteroatoms. The van der Waals surface area contributed by atoms with Gasteiger partial charge in [0.15, 0.2) is 0 Å². The van der Waals surface area contributed by atoms with E-state index in [9.17, 15) is 0 Å². The van der Waals surface area contributed by atoms with Gasteiger partial charge in [0.25, 0.3) is 0 Å². The van der Waals surface area contributed by atoms with Crippen LogP contribution >= 0.6 is 15.9 Å². The van der Waals surface area contributed by atoms with Crippen LogP contribution in [-0.4, -0.2) is 22.9 Å². The molecule has 96 valence electrons. The average molecular weight is 300 g/mol. The minimum Gasteiger partial charge on any atom is -0.317 e. The third kappa shape index (κ3) is 2.91. The van der Waals surface area contributed by atoms with Gasteiger partial charge in [-0.1, -0.05) is 13.8 Å². The van der Waals surface area contributed by atoms with Crippen molar-refractivity contribution in [1.82, 2.24) is 15.1 Å². The predicted octanol–water partition coefficient (Wildman–Crippen LogP) is 2.85. The van der Waals surface area contributed by atoms with E-state index < -0.39 is 0 Å². The number of halogens is 1. The highest BCUT2D eigenvalue weighted by molar-refractivity contribution is 9.10. The molecular weight excluding hydrogens is 278 g/mol. The summed E-state index contributed by atoms with van der Waals surface area (Å²) in [6.45, 7) is 6.74. The highest BCUT2D eigenvalue weighted by Gasteiger charge is 2.24. The van der Waals surface area contributed by atoms with E-state index >= 15 is 0 Å². The van der Waals surface area contributed by atoms with Crippen molar-refractivity contribution in [3.63, 3.8) is 0 Å². The maximum atomic E-state index is 4.67. The van der Waals surface area contributed by atoms with Gasteiger partial charge >= 0.3 is 0 Å². The lowest BCUT2D eigenvalue weighted by molar-refractivity contribution is 0.438. The lowest BCUT2D eigenvalue weighted by atomic mass is 9.94. The molecule has 17 heavy (non-hydrogen) atoms. The minimum absolute atomic E-state index is 0.655. The molecule has 0 bridgehead atoms. The molecule has 0 unspecified atom stereocenters. The van der Waals surface area contributed by atoms with Gasteiger partial charge in [-0.2, -0.15) is 5.10 Å². The van der Waals surface area contributed by atoms with Gasteiger partial charge in [0.2, 0.25) is 0 Å². The molecule has 1 aliphatic rings. The zero-order chi connectivity index (χ0) is 12.4. The largest absolute Gasteiger partial charge is 0.317 e. The van der Waals surface area contributed by atoms with Gasteiger partial charge in [0, 0.05) is 13.0 Å². The quantitative estimate of drug-likeness (QED) is 0.930. The van der Waals surface area contributed by atoms with E-state index in [1.807, 2.05) is 0 Å². The third-order valence-corrected chi connectivity index (χ3v) is 4.29. The van der Waals surface area contributed by atoms with Crippen LogP contribution in [0.3, 0.4) is 0 Å². The van der Waals surface area contributed by atoms with Gasteiger partial charge in [0.1, 0.15) is 0 Å². The Labute approximate surface area is 112 Å². The average Bonchev–Trinajstić information content (AvgIpc) is 2.54. The summed E-state index contributed by atoms with van der Waals surface area (Å²) < 4.78 is 3.33. The second-order valence-electron chi connectivity index (χ2n) is 5.39. The van der Waals surface area contributed by atoms with Crippen LogP contribution in [0, 0.1) is 5.92 Å². The molecule has 3 nitrogen and oxygen atoms in total. The third-order valence-electron chi connectivity index (χ3n) is 3.43. The highest BCUT2D eigenvalue weighted by atomic mass is 79.9. The summed E-state index contributed by atoms with van der Waals surface area (Å²) in [5, 5.41) is 8.09. The normalized spacial score (nSPS) is 17.9. The maximum absolute atomic E-state index is 4.67. The van der Waals surface area contributed by atoms with Crippen LogP contribution in [0.15, 0.2) is 4.47 Å². The van der Waals surface area contributed by atoms with Gasteiger partial charge in [-0.3, -0.25) is 4.68 Å². The summed E-state index contributed by atoms with van der Waals surface area (Å²) >= 11 is 3.76. The van der Waals surface area contributed by atoms with E-state index in [4.69, 9.17) is 0 Å². The first-order chi connectivity index (χ1) is 8.09. The number of hydrogen-bond donors (Lipinski definition) is 1. The first-order valence-corrected chi connectivity index (χ1v) is 7.31. The molecule has 0 amide bonds. The zero-order valence-electron chi connectivity index (χ0n) is 11.0. The van der Waals surface area contributed by atoms with Crippen LogP contribution in [0.4, 0.5) is 0 Å². The molecule has 1 fully saturated rings. The van der Waals surface area contributed by atoms with Crippen molar-refractivity contribution in [1.29, 1.82) is 0 Å². The molecule has 1 N–H and O–H groups in total. The van der Waals surface area contributed by atoms with E-state index in [0.717, 1.165) is 19.5 Å². The molecule has 2 heterocycles. The topological polar surface area (TPSA) is 29.9 Å². The number of nitrogens with one attached hydrogen (secondary N) is 1. The summed E-state index contributed by atoms with van der Waals surface area (Å²) in [5.74, 6) is 1.31. The van der Waals surface area contributed by atoms with E-state index in [1.54, 1.807) is 0 Å². The van der Waals surface area contributed by atoms with Crippen LogP contribution in [-0.2, 0) is 13.5 Å². The molecule has 0 atom stereocenters. The van der Waals surface area contributed by atoms with E-state index in [2.05, 4.69) is 51.9 Å². The molecule has 0 radical (unpaired) electrons. The minimum atomic E-state index is 0.655. The van der Waals surface area contributed by atoms with Crippen LogP contribution in [0.2, 0.25) is 0 Å². The van der Waals surface area contributed by atoms with Crippen molar-refractivity contribution >= 4 is 15.9 Å². The van der Waals surface area contributed by atoms with Crippen molar-refractivity contribution in [2.24, 2.45) is 13.0 Å². The van der Waals surface area contributed by atoms with Gasteiger partial charge in [-0.25, -0.2) is 0 Å². The Hall–Kier alpha value is -0.350. The van der Waals surface area contributed by atoms with Crippen molar-refractivity contribution in [2.75, 3.05) is 13.1 Å². The Balaban J connectivity index is 2.24. The monoisotopic (exact) mass is 299 g/mol. The Bertz CT molecular complexity index is 378. The fraction of sp³-hybridized carbons (Fsp3) is 0.769. The van der Waals surface area contributed by atoms with Gasteiger partial charge in [0.05, 0.1) is 15.9 Å². The van der Waals surface area contributed by atoms with Crippen LogP contribution in [0.25, 0.3) is 0 Å². The van der Waals surface area contributed by atoms with Crippen molar-refractivity contribution in [2.45, 2.75) is 39.0 Å². The first-order valence-electron chi connectivity index (χ1n) is 6.51. The summed E-state index contributed by atoms with van der Waals surface area (Å²) in [4.78, 5) is 0. The lowest BCUT2D eigenvalue weighted by Crippen LogP contribution is -2.27. The fourth-order valence-electron chi connectivity index (χ4n) is 2.62. The summed E-state index contributed by atoms with van der Waals surface area (Å²) in [7, 11) is 2.08. The zero-order valence-corrected chi connectivity index (χ0v) is 12.5. The molecule has 0 aromatic carbocycles.